The summed E-state index contributed by atoms with van der Waals surface area (Å²) in [5.74, 6) is 1.31. The van der Waals surface area contributed by atoms with Gasteiger partial charge in [0, 0.05) is 46.0 Å². The molecule has 0 N–H and O–H groups in total. The van der Waals surface area contributed by atoms with Gasteiger partial charge in [-0.15, -0.1) is 0 Å². The number of carbonyl (C=O) groups is 1. The minimum Gasteiger partial charge on any atom is -0.484 e. The first-order valence-electron chi connectivity index (χ1n) is 10.1. The summed E-state index contributed by atoms with van der Waals surface area (Å²) >= 11 is 0. The second-order valence-electron chi connectivity index (χ2n) is 7.41. The number of aromatic nitrogens is 1. The molecule has 7 heteroatoms. The number of nitrogens with zero attached hydrogens (tertiary/aromatic N) is 3. The molecule has 1 saturated heterocycles. The highest BCUT2D eigenvalue weighted by atomic mass is 16.6. The van der Waals surface area contributed by atoms with E-state index in [9.17, 15) is 4.79 Å². The molecule has 0 spiro atoms. The number of rotatable bonds is 5. The van der Waals surface area contributed by atoms with Crippen LogP contribution in [0.1, 0.15) is 23.7 Å². The van der Waals surface area contributed by atoms with Gasteiger partial charge in [-0.1, -0.05) is 24.3 Å². The summed E-state index contributed by atoms with van der Waals surface area (Å²) in [6.45, 7) is 4.93. The molecule has 2 aromatic rings. The first-order valence-corrected chi connectivity index (χ1v) is 10.1. The Morgan fingerprint density at radius 2 is 2.03 bits per heavy atom. The second kappa shape index (κ2) is 9.24. The van der Waals surface area contributed by atoms with E-state index in [-0.39, 0.29) is 18.6 Å². The molecule has 7 nitrogen and oxygen atoms in total. The van der Waals surface area contributed by atoms with Gasteiger partial charge in [0.05, 0.1) is 0 Å². The Morgan fingerprint density at radius 1 is 1.17 bits per heavy atom. The molecule has 154 valence electrons. The van der Waals surface area contributed by atoms with E-state index < -0.39 is 0 Å². The SMILES string of the molecule is COCC(=O)N1CCCN(Cc2ccc(C3COc4cccnc4O3)cc2)CC1. The van der Waals surface area contributed by atoms with Crippen molar-refractivity contribution >= 4 is 5.91 Å². The zero-order chi connectivity index (χ0) is 20.1. The third-order valence-corrected chi connectivity index (χ3v) is 5.35. The molecular formula is C22H27N3O4. The van der Waals surface area contributed by atoms with Crippen LogP contribution < -0.4 is 9.47 Å². The van der Waals surface area contributed by atoms with Crippen molar-refractivity contribution < 1.29 is 19.0 Å². The molecule has 0 aliphatic carbocycles. The molecule has 2 aliphatic heterocycles. The summed E-state index contributed by atoms with van der Waals surface area (Å²) in [5, 5.41) is 0. The number of hydrogen-bond donors (Lipinski definition) is 0. The van der Waals surface area contributed by atoms with E-state index in [1.807, 2.05) is 17.0 Å². The molecule has 4 rings (SSSR count). The minimum atomic E-state index is -0.148. The van der Waals surface area contributed by atoms with E-state index in [0.717, 1.165) is 44.7 Å². The van der Waals surface area contributed by atoms with Crippen LogP contribution in [0.25, 0.3) is 0 Å². The van der Waals surface area contributed by atoms with Gasteiger partial charge in [-0.25, -0.2) is 4.98 Å². The standard InChI is InChI=1S/C22H27N3O4/c1-27-16-21(26)25-11-3-10-24(12-13-25)14-17-5-7-18(8-6-17)20-15-28-19-4-2-9-23-22(19)29-20/h2,4-9,20H,3,10-16H2,1H3. The fourth-order valence-corrected chi connectivity index (χ4v) is 3.76. The molecule has 1 fully saturated rings. The third-order valence-electron chi connectivity index (χ3n) is 5.35. The van der Waals surface area contributed by atoms with Crippen molar-refractivity contribution in [1.82, 2.24) is 14.8 Å². The zero-order valence-electron chi connectivity index (χ0n) is 16.8. The van der Waals surface area contributed by atoms with Crippen LogP contribution in [0.4, 0.5) is 0 Å². The number of methoxy groups -OCH3 is 1. The van der Waals surface area contributed by atoms with E-state index in [4.69, 9.17) is 14.2 Å². The number of amides is 1. The minimum absolute atomic E-state index is 0.0736. The molecule has 1 unspecified atom stereocenters. The van der Waals surface area contributed by atoms with Crippen molar-refractivity contribution in [3.05, 3.63) is 53.7 Å². The zero-order valence-corrected chi connectivity index (χ0v) is 16.8. The first-order chi connectivity index (χ1) is 14.2. The number of benzene rings is 1. The number of pyridine rings is 1. The van der Waals surface area contributed by atoms with E-state index in [2.05, 4.69) is 34.1 Å². The van der Waals surface area contributed by atoms with Crippen LogP contribution in [-0.4, -0.2) is 67.2 Å². The predicted octanol–water partition coefficient (Wildman–Crippen LogP) is 2.27. The average Bonchev–Trinajstić information content (AvgIpc) is 3.00. The molecule has 29 heavy (non-hydrogen) atoms. The number of ether oxygens (including phenoxy) is 3. The van der Waals surface area contributed by atoms with Crippen LogP contribution in [0.15, 0.2) is 42.6 Å². The maximum atomic E-state index is 12.0. The number of fused-ring (bicyclic) bond motifs is 1. The Kier molecular flexibility index (Phi) is 6.27. The van der Waals surface area contributed by atoms with E-state index >= 15 is 0 Å². The fraction of sp³-hybridized carbons (Fsp3) is 0.455. The van der Waals surface area contributed by atoms with Gasteiger partial charge >= 0.3 is 0 Å². The van der Waals surface area contributed by atoms with E-state index in [0.29, 0.717) is 18.2 Å². The van der Waals surface area contributed by atoms with Crippen molar-refractivity contribution in [2.45, 2.75) is 19.1 Å². The Hall–Kier alpha value is -2.64. The van der Waals surface area contributed by atoms with Crippen LogP contribution in [0.5, 0.6) is 11.6 Å². The van der Waals surface area contributed by atoms with Gasteiger partial charge in [0.1, 0.15) is 13.2 Å². The molecule has 1 amide bonds. The summed E-state index contributed by atoms with van der Waals surface area (Å²) in [7, 11) is 1.56. The van der Waals surface area contributed by atoms with E-state index in [1.165, 1.54) is 5.56 Å². The van der Waals surface area contributed by atoms with Gasteiger partial charge in [-0.05, 0) is 29.7 Å². The second-order valence-corrected chi connectivity index (χ2v) is 7.41. The molecule has 3 heterocycles. The summed E-state index contributed by atoms with van der Waals surface area (Å²) in [5.41, 5.74) is 2.33. The highest BCUT2D eigenvalue weighted by Gasteiger charge is 2.23. The van der Waals surface area contributed by atoms with Crippen LogP contribution >= 0.6 is 0 Å². The Labute approximate surface area is 171 Å². The molecule has 1 atom stereocenters. The highest BCUT2D eigenvalue weighted by molar-refractivity contribution is 5.77. The smallest absolute Gasteiger partial charge is 0.257 e. The first kappa shape index (κ1) is 19.7. The molecule has 0 saturated carbocycles. The molecule has 2 aliphatic rings. The van der Waals surface area contributed by atoms with Gasteiger partial charge in [0.25, 0.3) is 5.88 Å². The third kappa shape index (κ3) is 4.86. The molecule has 0 radical (unpaired) electrons. The van der Waals surface area contributed by atoms with Crippen molar-refractivity contribution in [2.75, 3.05) is 46.5 Å². The maximum absolute atomic E-state index is 12.0. The lowest BCUT2D eigenvalue weighted by Gasteiger charge is -2.26. The monoisotopic (exact) mass is 397 g/mol. The molecular weight excluding hydrogens is 370 g/mol. The largest absolute Gasteiger partial charge is 0.484 e. The molecule has 1 aromatic heterocycles. The number of hydrogen-bond acceptors (Lipinski definition) is 6. The van der Waals surface area contributed by atoms with Crippen molar-refractivity contribution in [3.63, 3.8) is 0 Å². The molecule has 1 aromatic carbocycles. The summed E-state index contributed by atoms with van der Waals surface area (Å²) in [6, 6.07) is 12.2. The predicted molar refractivity (Wildman–Crippen MR) is 108 cm³/mol. The molecule has 0 bridgehead atoms. The summed E-state index contributed by atoms with van der Waals surface area (Å²) in [6.07, 6.45) is 2.54. The van der Waals surface area contributed by atoms with Gasteiger partial charge < -0.3 is 19.1 Å². The lowest BCUT2D eigenvalue weighted by Crippen LogP contribution is -2.37. The van der Waals surface area contributed by atoms with Gasteiger partial charge in [0.2, 0.25) is 5.91 Å². The van der Waals surface area contributed by atoms with Crippen LogP contribution in [0.3, 0.4) is 0 Å². The van der Waals surface area contributed by atoms with Gasteiger partial charge in [-0.3, -0.25) is 9.69 Å². The van der Waals surface area contributed by atoms with Gasteiger partial charge in [-0.2, -0.15) is 0 Å². The lowest BCUT2D eigenvalue weighted by atomic mass is 10.1. The fourth-order valence-electron chi connectivity index (χ4n) is 3.76. The quantitative estimate of drug-likeness (QED) is 0.771. The number of carbonyl (C=O) groups excluding carboxylic acids is 1. The Balaban J connectivity index is 1.32. The summed E-state index contributed by atoms with van der Waals surface area (Å²) in [4.78, 5) is 20.6. The van der Waals surface area contributed by atoms with Crippen LogP contribution in [-0.2, 0) is 16.1 Å². The Bertz CT molecular complexity index is 827. The van der Waals surface area contributed by atoms with Crippen molar-refractivity contribution in [1.29, 1.82) is 0 Å². The van der Waals surface area contributed by atoms with E-state index in [1.54, 1.807) is 13.3 Å². The van der Waals surface area contributed by atoms with Gasteiger partial charge in [0.15, 0.2) is 11.9 Å². The normalized spacial score (nSPS) is 19.6. The van der Waals surface area contributed by atoms with Crippen molar-refractivity contribution in [3.8, 4) is 11.6 Å². The van der Waals surface area contributed by atoms with Crippen LogP contribution in [0.2, 0.25) is 0 Å². The summed E-state index contributed by atoms with van der Waals surface area (Å²) < 4.78 is 16.7. The maximum Gasteiger partial charge on any atom is 0.257 e. The van der Waals surface area contributed by atoms with Crippen LogP contribution in [0, 0.1) is 0 Å². The lowest BCUT2D eigenvalue weighted by molar-refractivity contribution is -0.135. The van der Waals surface area contributed by atoms with Crippen molar-refractivity contribution in [2.24, 2.45) is 0 Å². The average molecular weight is 397 g/mol. The highest BCUT2D eigenvalue weighted by Crippen LogP contribution is 2.33. The Morgan fingerprint density at radius 3 is 2.86 bits per heavy atom. The topological polar surface area (TPSA) is 64.1 Å².